The van der Waals surface area contributed by atoms with Crippen molar-refractivity contribution in [1.82, 2.24) is 5.43 Å². The van der Waals surface area contributed by atoms with E-state index in [-0.39, 0.29) is 5.91 Å². The van der Waals surface area contributed by atoms with Gasteiger partial charge in [-0.05, 0) is 37.0 Å². The van der Waals surface area contributed by atoms with Crippen molar-refractivity contribution in [3.8, 4) is 5.75 Å². The van der Waals surface area contributed by atoms with E-state index in [1.807, 2.05) is 12.1 Å². The number of halogens is 1. The fourth-order valence-corrected chi connectivity index (χ4v) is 1.80. The molecule has 0 heterocycles. The van der Waals surface area contributed by atoms with E-state index < -0.39 is 0 Å². The molecule has 1 aromatic rings. The number of aryl methyl sites for hydroxylation is 1. The van der Waals surface area contributed by atoms with E-state index in [0.29, 0.717) is 11.4 Å². The number of carbonyl (C=O) groups is 1. The van der Waals surface area contributed by atoms with E-state index in [9.17, 15) is 4.79 Å². The van der Waals surface area contributed by atoms with Crippen LogP contribution in [0, 0.1) is 0 Å². The average molecular weight is 257 g/mol. The Morgan fingerprint density at radius 2 is 2.24 bits per heavy atom. The molecular weight excluding hydrogens is 240 g/mol. The molecule has 0 aliphatic rings. The van der Waals surface area contributed by atoms with Crippen LogP contribution in [0.3, 0.4) is 0 Å². The smallest absolute Gasteiger partial charge is 0.233 e. The van der Waals surface area contributed by atoms with E-state index in [1.54, 1.807) is 13.2 Å². The molecule has 0 radical (unpaired) electrons. The quantitative estimate of drug-likeness (QED) is 0.354. The predicted octanol–water partition coefficient (Wildman–Crippen LogP) is 2.05. The number of hydrogen-bond acceptors (Lipinski definition) is 3. The molecule has 17 heavy (non-hydrogen) atoms. The van der Waals surface area contributed by atoms with Crippen molar-refractivity contribution in [2.45, 2.75) is 25.7 Å². The van der Waals surface area contributed by atoms with Crippen LogP contribution >= 0.6 is 11.6 Å². The molecule has 0 spiro atoms. The fourth-order valence-electron chi connectivity index (χ4n) is 1.53. The van der Waals surface area contributed by atoms with Crippen LogP contribution in [0.1, 0.15) is 24.8 Å². The molecule has 1 amide bonds. The minimum absolute atomic E-state index is 0.133. The summed E-state index contributed by atoms with van der Waals surface area (Å²) < 4.78 is 5.07. The first-order chi connectivity index (χ1) is 8.17. The van der Waals surface area contributed by atoms with Crippen LogP contribution in [0.5, 0.6) is 5.75 Å². The lowest BCUT2D eigenvalue weighted by Gasteiger charge is -2.06. The molecule has 0 aromatic heterocycles. The third-order valence-electron chi connectivity index (χ3n) is 2.52. The molecule has 0 saturated carbocycles. The first-order valence-corrected chi connectivity index (χ1v) is 5.87. The lowest BCUT2D eigenvalue weighted by atomic mass is 10.1. The van der Waals surface area contributed by atoms with Gasteiger partial charge in [-0.3, -0.25) is 10.2 Å². The summed E-state index contributed by atoms with van der Waals surface area (Å²) in [5.41, 5.74) is 3.18. The number of methoxy groups -OCH3 is 1. The van der Waals surface area contributed by atoms with E-state index in [0.717, 1.165) is 30.6 Å². The van der Waals surface area contributed by atoms with Gasteiger partial charge in [0, 0.05) is 11.4 Å². The van der Waals surface area contributed by atoms with Crippen molar-refractivity contribution >= 4 is 17.5 Å². The maximum atomic E-state index is 10.9. The summed E-state index contributed by atoms with van der Waals surface area (Å²) in [5, 5.41) is 0.702. The van der Waals surface area contributed by atoms with Gasteiger partial charge in [0.05, 0.1) is 7.11 Å². The minimum atomic E-state index is -0.133. The Morgan fingerprint density at radius 3 is 2.82 bits per heavy atom. The van der Waals surface area contributed by atoms with Crippen LogP contribution in [0.2, 0.25) is 5.02 Å². The summed E-state index contributed by atoms with van der Waals surface area (Å²) in [5.74, 6) is 5.60. The Bertz CT molecular complexity index is 383. The molecule has 0 atom stereocenters. The highest BCUT2D eigenvalue weighted by molar-refractivity contribution is 6.31. The van der Waals surface area contributed by atoms with Crippen LogP contribution in [-0.4, -0.2) is 13.0 Å². The molecule has 5 heteroatoms. The molecule has 0 fully saturated rings. The normalized spacial score (nSPS) is 10.1. The lowest BCUT2D eigenvalue weighted by Crippen LogP contribution is -2.29. The summed E-state index contributed by atoms with van der Waals surface area (Å²) in [6, 6.07) is 5.63. The highest BCUT2D eigenvalue weighted by Crippen LogP contribution is 2.23. The second kappa shape index (κ2) is 7.14. The summed E-state index contributed by atoms with van der Waals surface area (Å²) in [6.45, 7) is 0. The Balaban J connectivity index is 2.39. The molecule has 0 aliphatic heterocycles. The highest BCUT2D eigenvalue weighted by Gasteiger charge is 2.03. The van der Waals surface area contributed by atoms with Crippen LogP contribution < -0.4 is 16.0 Å². The van der Waals surface area contributed by atoms with Gasteiger partial charge >= 0.3 is 0 Å². The Morgan fingerprint density at radius 1 is 1.47 bits per heavy atom. The van der Waals surface area contributed by atoms with Gasteiger partial charge in [-0.1, -0.05) is 17.7 Å². The lowest BCUT2D eigenvalue weighted by molar-refractivity contribution is -0.121. The number of ether oxygens (including phenoxy) is 1. The van der Waals surface area contributed by atoms with E-state index in [1.165, 1.54) is 0 Å². The molecule has 0 unspecified atom stereocenters. The van der Waals surface area contributed by atoms with Gasteiger partial charge < -0.3 is 4.74 Å². The van der Waals surface area contributed by atoms with E-state index >= 15 is 0 Å². The molecule has 1 rings (SSSR count). The zero-order valence-corrected chi connectivity index (χ0v) is 10.6. The summed E-state index contributed by atoms with van der Waals surface area (Å²) in [4.78, 5) is 10.9. The third-order valence-corrected chi connectivity index (χ3v) is 2.87. The van der Waals surface area contributed by atoms with Crippen molar-refractivity contribution in [1.29, 1.82) is 0 Å². The molecule has 94 valence electrons. The van der Waals surface area contributed by atoms with Crippen LogP contribution in [0.4, 0.5) is 0 Å². The highest BCUT2D eigenvalue weighted by atomic mass is 35.5. The second-order valence-electron chi connectivity index (χ2n) is 3.73. The van der Waals surface area contributed by atoms with Crippen molar-refractivity contribution in [3.63, 3.8) is 0 Å². The number of carbonyl (C=O) groups excluding carboxylic acids is 1. The summed E-state index contributed by atoms with van der Waals surface area (Å²) in [6.07, 6.45) is 3.00. The molecule has 0 saturated heterocycles. The largest absolute Gasteiger partial charge is 0.497 e. The number of unbranched alkanes of at least 4 members (excludes halogenated alkanes) is 1. The third kappa shape index (κ3) is 4.63. The Labute approximate surface area is 106 Å². The number of hydrogen-bond donors (Lipinski definition) is 2. The van der Waals surface area contributed by atoms with Gasteiger partial charge in [0.15, 0.2) is 0 Å². The number of benzene rings is 1. The summed E-state index contributed by atoms with van der Waals surface area (Å²) >= 11 is 6.10. The van der Waals surface area contributed by atoms with Gasteiger partial charge in [0.2, 0.25) is 5.91 Å². The zero-order chi connectivity index (χ0) is 12.7. The Kier molecular flexibility index (Phi) is 5.80. The van der Waals surface area contributed by atoms with Gasteiger partial charge in [-0.15, -0.1) is 0 Å². The van der Waals surface area contributed by atoms with Crippen LogP contribution in [-0.2, 0) is 11.2 Å². The zero-order valence-electron chi connectivity index (χ0n) is 9.83. The number of nitrogens with one attached hydrogen (secondary N) is 1. The molecule has 0 bridgehead atoms. The standard InChI is InChI=1S/C12H17ClN2O2/c1-17-10-7-6-9(11(13)8-10)4-2-3-5-12(16)15-14/h6-8H,2-5,14H2,1H3,(H,15,16). The topological polar surface area (TPSA) is 64.3 Å². The predicted molar refractivity (Wildman–Crippen MR) is 67.9 cm³/mol. The fraction of sp³-hybridized carbons (Fsp3) is 0.417. The first-order valence-electron chi connectivity index (χ1n) is 5.49. The minimum Gasteiger partial charge on any atom is -0.497 e. The molecule has 0 aliphatic carbocycles. The van der Waals surface area contributed by atoms with Crippen LogP contribution in [0.15, 0.2) is 18.2 Å². The van der Waals surface area contributed by atoms with Crippen molar-refractivity contribution in [2.75, 3.05) is 7.11 Å². The molecular formula is C12H17ClN2O2. The Hall–Kier alpha value is -1.26. The number of nitrogens with two attached hydrogens (primary N) is 1. The monoisotopic (exact) mass is 256 g/mol. The first kappa shape index (κ1) is 13.8. The second-order valence-corrected chi connectivity index (χ2v) is 4.14. The maximum absolute atomic E-state index is 10.9. The molecule has 3 N–H and O–H groups in total. The number of amides is 1. The SMILES string of the molecule is COc1ccc(CCCCC(=O)NN)c(Cl)c1. The van der Waals surface area contributed by atoms with Crippen molar-refractivity contribution in [2.24, 2.45) is 5.84 Å². The maximum Gasteiger partial charge on any atom is 0.233 e. The average Bonchev–Trinajstić information content (AvgIpc) is 2.35. The number of rotatable bonds is 6. The summed E-state index contributed by atoms with van der Waals surface area (Å²) in [7, 11) is 1.61. The van der Waals surface area contributed by atoms with Gasteiger partial charge in [-0.2, -0.15) is 0 Å². The van der Waals surface area contributed by atoms with Crippen molar-refractivity contribution in [3.05, 3.63) is 28.8 Å². The molecule has 1 aromatic carbocycles. The van der Waals surface area contributed by atoms with Gasteiger partial charge in [0.25, 0.3) is 0 Å². The van der Waals surface area contributed by atoms with Crippen molar-refractivity contribution < 1.29 is 9.53 Å². The van der Waals surface area contributed by atoms with Gasteiger partial charge in [0.1, 0.15) is 5.75 Å². The van der Waals surface area contributed by atoms with Gasteiger partial charge in [-0.25, -0.2) is 5.84 Å². The molecule has 4 nitrogen and oxygen atoms in total. The van der Waals surface area contributed by atoms with E-state index in [4.69, 9.17) is 22.2 Å². The van der Waals surface area contributed by atoms with Crippen LogP contribution in [0.25, 0.3) is 0 Å². The van der Waals surface area contributed by atoms with E-state index in [2.05, 4.69) is 5.43 Å². The number of hydrazine groups is 1.